The third-order valence-corrected chi connectivity index (χ3v) is 5.68. The maximum absolute atomic E-state index is 13.2. The molecule has 0 saturated heterocycles. The van der Waals surface area contributed by atoms with Crippen molar-refractivity contribution in [2.45, 2.75) is 17.8 Å². The van der Waals surface area contributed by atoms with Crippen molar-refractivity contribution < 1.29 is 13.7 Å². The van der Waals surface area contributed by atoms with Gasteiger partial charge in [0.15, 0.2) is 16.7 Å². The van der Waals surface area contributed by atoms with E-state index in [1.807, 2.05) is 42.8 Å². The highest BCUT2D eigenvalue weighted by Crippen LogP contribution is 2.32. The second-order valence-corrected chi connectivity index (χ2v) is 7.39. The molecule has 29 heavy (non-hydrogen) atoms. The van der Waals surface area contributed by atoms with Crippen molar-refractivity contribution in [2.75, 3.05) is 7.11 Å². The predicted molar refractivity (Wildman–Crippen MR) is 109 cm³/mol. The van der Waals surface area contributed by atoms with Crippen LogP contribution in [0.25, 0.3) is 22.7 Å². The van der Waals surface area contributed by atoms with Crippen LogP contribution >= 0.6 is 11.8 Å². The molecule has 4 rings (SSSR count). The minimum Gasteiger partial charge on any atom is -0.496 e. The number of aromatic nitrogens is 4. The van der Waals surface area contributed by atoms with E-state index in [0.717, 1.165) is 39.1 Å². The molecule has 0 aliphatic heterocycles. The molecule has 148 valence electrons. The van der Waals surface area contributed by atoms with E-state index in [4.69, 9.17) is 9.26 Å². The van der Waals surface area contributed by atoms with Crippen LogP contribution in [0.3, 0.4) is 0 Å². The van der Waals surface area contributed by atoms with Crippen molar-refractivity contribution in [1.82, 2.24) is 19.9 Å². The number of para-hydroxylation sites is 1. The van der Waals surface area contributed by atoms with Gasteiger partial charge in [0.05, 0.1) is 18.4 Å². The Morgan fingerprint density at radius 1 is 1.10 bits per heavy atom. The summed E-state index contributed by atoms with van der Waals surface area (Å²) in [7, 11) is 3.56. The van der Waals surface area contributed by atoms with Gasteiger partial charge in [0.25, 0.3) is 0 Å². The van der Waals surface area contributed by atoms with Gasteiger partial charge in [-0.15, -0.1) is 10.2 Å². The molecule has 4 aromatic rings. The van der Waals surface area contributed by atoms with Gasteiger partial charge in [0.2, 0.25) is 0 Å². The Hall–Kier alpha value is -3.13. The maximum atomic E-state index is 13.2. The van der Waals surface area contributed by atoms with E-state index >= 15 is 0 Å². The summed E-state index contributed by atoms with van der Waals surface area (Å²) in [6.07, 6.45) is 0. The SMILES string of the molecule is COc1ccccc1-c1nnc(SCc2noc(-c3ccc(F)cc3)c2C)n1C. The number of methoxy groups -OCH3 is 1. The van der Waals surface area contributed by atoms with Gasteiger partial charge in [-0.3, -0.25) is 0 Å². The zero-order valence-corrected chi connectivity index (χ0v) is 17.0. The standard InChI is InChI=1S/C21H19FN4O2S/c1-13-17(25-28-19(13)14-8-10-15(22)11-9-14)12-29-21-24-23-20(26(21)2)16-6-4-5-7-18(16)27-3/h4-11H,12H2,1-3H3. The number of hydrogen-bond donors (Lipinski definition) is 0. The molecule has 2 heterocycles. The van der Waals surface area contributed by atoms with Crippen molar-refractivity contribution in [3.63, 3.8) is 0 Å². The van der Waals surface area contributed by atoms with Gasteiger partial charge in [-0.25, -0.2) is 4.39 Å². The summed E-state index contributed by atoms with van der Waals surface area (Å²) in [6.45, 7) is 1.95. The van der Waals surface area contributed by atoms with E-state index in [1.165, 1.54) is 23.9 Å². The lowest BCUT2D eigenvalue weighted by Gasteiger charge is -2.07. The van der Waals surface area contributed by atoms with Gasteiger partial charge in [-0.1, -0.05) is 29.1 Å². The Kier molecular flexibility index (Phi) is 5.35. The van der Waals surface area contributed by atoms with E-state index in [9.17, 15) is 4.39 Å². The number of ether oxygens (including phenoxy) is 1. The minimum atomic E-state index is -0.283. The largest absolute Gasteiger partial charge is 0.496 e. The Bertz CT molecular complexity index is 1140. The maximum Gasteiger partial charge on any atom is 0.191 e. The third kappa shape index (κ3) is 3.75. The molecule has 0 spiro atoms. The normalized spacial score (nSPS) is 11.0. The summed E-state index contributed by atoms with van der Waals surface area (Å²) in [5, 5.41) is 13.6. The molecule has 6 nitrogen and oxygen atoms in total. The van der Waals surface area contributed by atoms with Crippen molar-refractivity contribution in [3.05, 3.63) is 65.6 Å². The van der Waals surface area contributed by atoms with E-state index in [2.05, 4.69) is 15.4 Å². The molecular weight excluding hydrogens is 391 g/mol. The van der Waals surface area contributed by atoms with Gasteiger partial charge in [-0.05, 0) is 43.3 Å². The zero-order chi connectivity index (χ0) is 20.4. The van der Waals surface area contributed by atoms with Crippen molar-refractivity contribution in [1.29, 1.82) is 0 Å². The second kappa shape index (κ2) is 8.08. The Morgan fingerprint density at radius 2 is 1.86 bits per heavy atom. The first-order valence-electron chi connectivity index (χ1n) is 8.95. The lowest BCUT2D eigenvalue weighted by Crippen LogP contribution is -1.97. The highest BCUT2D eigenvalue weighted by Gasteiger charge is 2.18. The van der Waals surface area contributed by atoms with Gasteiger partial charge in [-0.2, -0.15) is 0 Å². The summed E-state index contributed by atoms with van der Waals surface area (Å²) in [5.74, 6) is 2.42. The fourth-order valence-corrected chi connectivity index (χ4v) is 3.92. The summed E-state index contributed by atoms with van der Waals surface area (Å²) in [6, 6.07) is 13.9. The highest BCUT2D eigenvalue weighted by atomic mass is 32.2. The molecule has 0 amide bonds. The quantitative estimate of drug-likeness (QED) is 0.422. The first-order valence-corrected chi connectivity index (χ1v) is 9.93. The molecule has 0 N–H and O–H groups in total. The van der Waals surface area contributed by atoms with Crippen molar-refractivity contribution in [3.8, 4) is 28.5 Å². The average molecular weight is 410 g/mol. The number of thioether (sulfide) groups is 1. The molecule has 0 radical (unpaired) electrons. The lowest BCUT2D eigenvalue weighted by molar-refractivity contribution is 0.416. The van der Waals surface area contributed by atoms with Gasteiger partial charge < -0.3 is 13.8 Å². The molecular formula is C21H19FN4O2S. The van der Waals surface area contributed by atoms with E-state index in [0.29, 0.717) is 11.5 Å². The van der Waals surface area contributed by atoms with Gasteiger partial charge >= 0.3 is 0 Å². The fraction of sp³-hybridized carbons (Fsp3) is 0.190. The van der Waals surface area contributed by atoms with Crippen molar-refractivity contribution in [2.24, 2.45) is 7.05 Å². The second-order valence-electron chi connectivity index (χ2n) is 6.44. The van der Waals surface area contributed by atoms with Gasteiger partial charge in [0.1, 0.15) is 11.6 Å². The molecule has 0 bridgehead atoms. The first kappa shape index (κ1) is 19.2. The topological polar surface area (TPSA) is 66.0 Å². The summed E-state index contributed by atoms with van der Waals surface area (Å²) in [4.78, 5) is 0. The van der Waals surface area contributed by atoms with Crippen LogP contribution in [-0.2, 0) is 12.8 Å². The molecule has 8 heteroatoms. The fourth-order valence-electron chi connectivity index (χ4n) is 3.01. The van der Waals surface area contributed by atoms with E-state index in [1.54, 1.807) is 19.2 Å². The first-order chi connectivity index (χ1) is 14.1. The summed E-state index contributed by atoms with van der Waals surface area (Å²) < 4.78 is 26.0. The molecule has 0 atom stereocenters. The van der Waals surface area contributed by atoms with E-state index < -0.39 is 0 Å². The average Bonchev–Trinajstić information content (AvgIpc) is 3.29. The molecule has 0 saturated carbocycles. The van der Waals surface area contributed by atoms with Crippen LogP contribution in [0.5, 0.6) is 5.75 Å². The van der Waals surface area contributed by atoms with Crippen LogP contribution < -0.4 is 4.74 Å². The number of halogens is 1. The lowest BCUT2D eigenvalue weighted by atomic mass is 10.1. The molecule has 0 unspecified atom stereocenters. The van der Waals surface area contributed by atoms with Crippen LogP contribution in [0, 0.1) is 12.7 Å². The number of nitrogens with zero attached hydrogens (tertiary/aromatic N) is 4. The van der Waals surface area contributed by atoms with Gasteiger partial charge in [0, 0.05) is 23.9 Å². The van der Waals surface area contributed by atoms with Crippen LogP contribution in [-0.4, -0.2) is 27.0 Å². The highest BCUT2D eigenvalue weighted by molar-refractivity contribution is 7.98. The molecule has 0 aliphatic rings. The molecule has 0 fully saturated rings. The number of rotatable bonds is 6. The Labute approximate surface area is 171 Å². The zero-order valence-electron chi connectivity index (χ0n) is 16.2. The van der Waals surface area contributed by atoms with Crippen LogP contribution in [0.2, 0.25) is 0 Å². The summed E-state index contributed by atoms with van der Waals surface area (Å²) in [5.41, 5.74) is 3.42. The van der Waals surface area contributed by atoms with E-state index in [-0.39, 0.29) is 5.82 Å². The monoisotopic (exact) mass is 410 g/mol. The Balaban J connectivity index is 1.53. The molecule has 2 aromatic heterocycles. The predicted octanol–water partition coefficient (Wildman–Crippen LogP) is 4.89. The number of hydrogen-bond acceptors (Lipinski definition) is 6. The van der Waals surface area contributed by atoms with Crippen LogP contribution in [0.4, 0.5) is 4.39 Å². The Morgan fingerprint density at radius 3 is 2.62 bits per heavy atom. The van der Waals surface area contributed by atoms with Crippen LogP contribution in [0.15, 0.2) is 58.2 Å². The third-order valence-electron chi connectivity index (χ3n) is 4.65. The van der Waals surface area contributed by atoms with Crippen molar-refractivity contribution >= 4 is 11.8 Å². The van der Waals surface area contributed by atoms with Crippen LogP contribution in [0.1, 0.15) is 11.3 Å². The minimum absolute atomic E-state index is 0.283. The smallest absolute Gasteiger partial charge is 0.191 e. The molecule has 2 aromatic carbocycles. The number of benzene rings is 2. The molecule has 0 aliphatic carbocycles. The summed E-state index contributed by atoms with van der Waals surface area (Å²) >= 11 is 1.52.